The van der Waals surface area contributed by atoms with Crippen LogP contribution in [0, 0.1) is 17.2 Å². The second-order valence-electron chi connectivity index (χ2n) is 3.33. The second kappa shape index (κ2) is 5.13. The Morgan fingerprint density at radius 2 is 2.25 bits per heavy atom. The molecule has 0 aliphatic carbocycles. The summed E-state index contributed by atoms with van der Waals surface area (Å²) in [5.74, 6) is 0.118. The van der Waals surface area contributed by atoms with Crippen LogP contribution in [0.25, 0.3) is 0 Å². The molecular weight excluding hydrogens is 152 g/mol. The van der Waals surface area contributed by atoms with E-state index in [1.807, 2.05) is 6.92 Å². The van der Waals surface area contributed by atoms with E-state index in [2.05, 4.69) is 11.4 Å². The maximum absolute atomic E-state index is 8.55. The van der Waals surface area contributed by atoms with Crippen LogP contribution >= 0.6 is 0 Å². The number of rotatable bonds is 3. The van der Waals surface area contributed by atoms with Gasteiger partial charge in [-0.15, -0.1) is 0 Å². The fraction of sp³-hybridized carbons (Fsp3) is 0.889. The average Bonchev–Trinajstić information content (AvgIpc) is 2.16. The number of nitrogens with one attached hydrogen (secondary N) is 1. The van der Waals surface area contributed by atoms with E-state index in [9.17, 15) is 0 Å². The van der Waals surface area contributed by atoms with Gasteiger partial charge in [-0.2, -0.15) is 5.26 Å². The highest BCUT2D eigenvalue weighted by molar-refractivity contribution is 4.82. The number of nitrogens with zero attached hydrogens (tertiary/aromatic N) is 1. The minimum atomic E-state index is 0.118. The summed E-state index contributed by atoms with van der Waals surface area (Å²) in [6.07, 6.45) is 2.16. The molecule has 0 aromatic rings. The molecule has 1 atom stereocenters. The van der Waals surface area contributed by atoms with Crippen LogP contribution in [-0.2, 0) is 4.74 Å². The predicted octanol–water partition coefficient (Wildman–Crippen LogP) is 0.915. The average molecular weight is 168 g/mol. The van der Waals surface area contributed by atoms with Crippen molar-refractivity contribution in [3.63, 3.8) is 0 Å². The van der Waals surface area contributed by atoms with Gasteiger partial charge in [-0.1, -0.05) is 0 Å². The lowest BCUT2D eigenvalue weighted by Gasteiger charge is -2.23. The van der Waals surface area contributed by atoms with Crippen LogP contribution in [0.15, 0.2) is 0 Å². The summed E-state index contributed by atoms with van der Waals surface area (Å²) < 4.78 is 5.23. The second-order valence-corrected chi connectivity index (χ2v) is 3.33. The summed E-state index contributed by atoms with van der Waals surface area (Å²) in [6, 6.07) is 2.78. The molecule has 0 amide bonds. The number of nitriles is 1. The Morgan fingerprint density at radius 1 is 1.58 bits per heavy atom. The van der Waals surface area contributed by atoms with Gasteiger partial charge >= 0.3 is 0 Å². The molecule has 1 aliphatic rings. The number of hydrogen-bond acceptors (Lipinski definition) is 3. The van der Waals surface area contributed by atoms with Crippen molar-refractivity contribution in [3.8, 4) is 6.07 Å². The van der Waals surface area contributed by atoms with E-state index in [4.69, 9.17) is 10.00 Å². The summed E-state index contributed by atoms with van der Waals surface area (Å²) in [6.45, 7) is 4.46. The number of hydrogen-bond donors (Lipinski definition) is 1. The zero-order valence-electron chi connectivity index (χ0n) is 7.55. The van der Waals surface area contributed by atoms with Crippen LogP contribution in [0.1, 0.15) is 19.8 Å². The van der Waals surface area contributed by atoms with Crippen molar-refractivity contribution in [2.75, 3.05) is 19.8 Å². The fourth-order valence-corrected chi connectivity index (χ4v) is 1.29. The molecule has 0 radical (unpaired) electrons. The Hall–Kier alpha value is -0.590. The molecule has 1 aliphatic heterocycles. The van der Waals surface area contributed by atoms with Crippen LogP contribution in [-0.4, -0.2) is 25.8 Å². The molecule has 0 aromatic heterocycles. The molecule has 1 saturated heterocycles. The molecule has 3 nitrogen and oxygen atoms in total. The van der Waals surface area contributed by atoms with E-state index < -0.39 is 0 Å². The largest absolute Gasteiger partial charge is 0.381 e. The third-order valence-corrected chi connectivity index (χ3v) is 2.15. The highest BCUT2D eigenvalue weighted by atomic mass is 16.5. The zero-order chi connectivity index (χ0) is 8.81. The molecule has 1 N–H and O–H groups in total. The van der Waals surface area contributed by atoms with E-state index >= 15 is 0 Å². The Balaban J connectivity index is 2.10. The van der Waals surface area contributed by atoms with Gasteiger partial charge in [0.25, 0.3) is 0 Å². The first-order valence-electron chi connectivity index (χ1n) is 4.53. The van der Waals surface area contributed by atoms with Gasteiger partial charge < -0.3 is 10.1 Å². The topological polar surface area (TPSA) is 45.0 Å². The van der Waals surface area contributed by atoms with Gasteiger partial charge in [0.15, 0.2) is 0 Å². The first-order chi connectivity index (χ1) is 5.83. The fourth-order valence-electron chi connectivity index (χ4n) is 1.29. The first kappa shape index (κ1) is 9.50. The van der Waals surface area contributed by atoms with Gasteiger partial charge in [0.05, 0.1) is 12.0 Å². The lowest BCUT2D eigenvalue weighted by molar-refractivity contribution is 0.0776. The maximum atomic E-state index is 8.55. The minimum Gasteiger partial charge on any atom is -0.381 e. The lowest BCUT2D eigenvalue weighted by Crippen LogP contribution is -2.36. The molecule has 0 saturated carbocycles. The molecular formula is C9H16N2O. The molecule has 1 heterocycles. The van der Waals surface area contributed by atoms with Crippen molar-refractivity contribution < 1.29 is 4.74 Å². The van der Waals surface area contributed by atoms with Crippen molar-refractivity contribution in [2.24, 2.45) is 5.92 Å². The van der Waals surface area contributed by atoms with Crippen LogP contribution in [0.5, 0.6) is 0 Å². The number of ether oxygens (including phenoxy) is 1. The predicted molar refractivity (Wildman–Crippen MR) is 46.6 cm³/mol. The Labute approximate surface area is 73.7 Å². The van der Waals surface area contributed by atoms with Gasteiger partial charge in [-0.3, -0.25) is 0 Å². The van der Waals surface area contributed by atoms with Crippen LogP contribution in [0.3, 0.4) is 0 Å². The monoisotopic (exact) mass is 168 g/mol. The molecule has 1 unspecified atom stereocenters. The Bertz CT molecular complexity index is 158. The van der Waals surface area contributed by atoms with Crippen LogP contribution in [0.4, 0.5) is 0 Å². The summed E-state index contributed by atoms with van der Waals surface area (Å²) >= 11 is 0. The maximum Gasteiger partial charge on any atom is 0.0666 e. The highest BCUT2D eigenvalue weighted by Crippen LogP contribution is 2.06. The normalized spacial score (nSPS) is 21.7. The van der Waals surface area contributed by atoms with Gasteiger partial charge in [-0.05, 0) is 19.8 Å². The van der Waals surface area contributed by atoms with Gasteiger partial charge in [0, 0.05) is 25.8 Å². The van der Waals surface area contributed by atoms with Gasteiger partial charge in [0.2, 0.25) is 0 Å². The molecule has 3 heteroatoms. The standard InChI is InChI=1S/C9H16N2O/c1-8(6-10)7-11-9-2-4-12-5-3-9/h8-9,11H,2-5,7H2,1H3. The van der Waals surface area contributed by atoms with Gasteiger partial charge in [-0.25, -0.2) is 0 Å². The minimum absolute atomic E-state index is 0.118. The highest BCUT2D eigenvalue weighted by Gasteiger charge is 2.13. The van der Waals surface area contributed by atoms with Gasteiger partial charge in [0.1, 0.15) is 0 Å². The molecule has 1 rings (SSSR count). The summed E-state index contributed by atoms with van der Waals surface area (Å²) in [5, 5.41) is 11.9. The molecule has 0 aromatic carbocycles. The van der Waals surface area contributed by atoms with E-state index in [1.54, 1.807) is 0 Å². The Kier molecular flexibility index (Phi) is 4.06. The summed E-state index contributed by atoms with van der Waals surface area (Å²) in [5.41, 5.74) is 0. The SMILES string of the molecule is CC(C#N)CNC1CCOCC1. The van der Waals surface area contributed by atoms with Crippen LogP contribution < -0.4 is 5.32 Å². The lowest BCUT2D eigenvalue weighted by atomic mass is 10.1. The van der Waals surface area contributed by atoms with Crippen molar-refractivity contribution >= 4 is 0 Å². The van der Waals surface area contributed by atoms with E-state index in [0.29, 0.717) is 6.04 Å². The van der Waals surface area contributed by atoms with E-state index in [0.717, 1.165) is 32.6 Å². The van der Waals surface area contributed by atoms with Crippen LogP contribution in [0.2, 0.25) is 0 Å². The molecule has 1 fully saturated rings. The molecule has 12 heavy (non-hydrogen) atoms. The van der Waals surface area contributed by atoms with Crippen molar-refractivity contribution in [3.05, 3.63) is 0 Å². The Morgan fingerprint density at radius 3 is 2.83 bits per heavy atom. The summed E-state index contributed by atoms with van der Waals surface area (Å²) in [7, 11) is 0. The van der Waals surface area contributed by atoms with E-state index in [-0.39, 0.29) is 5.92 Å². The third kappa shape index (κ3) is 3.21. The van der Waals surface area contributed by atoms with Crippen molar-refractivity contribution in [1.29, 1.82) is 5.26 Å². The quantitative estimate of drug-likeness (QED) is 0.681. The first-order valence-corrected chi connectivity index (χ1v) is 4.53. The molecule has 0 spiro atoms. The smallest absolute Gasteiger partial charge is 0.0666 e. The van der Waals surface area contributed by atoms with Crippen molar-refractivity contribution in [2.45, 2.75) is 25.8 Å². The zero-order valence-corrected chi connectivity index (χ0v) is 7.55. The molecule has 0 bridgehead atoms. The molecule has 68 valence electrons. The summed E-state index contributed by atoms with van der Waals surface area (Å²) in [4.78, 5) is 0. The van der Waals surface area contributed by atoms with E-state index in [1.165, 1.54) is 0 Å². The third-order valence-electron chi connectivity index (χ3n) is 2.15. The van der Waals surface area contributed by atoms with Crippen molar-refractivity contribution in [1.82, 2.24) is 5.32 Å².